The molecule has 0 saturated carbocycles. The van der Waals surface area contributed by atoms with Gasteiger partial charge in [0, 0.05) is 35.3 Å². The lowest BCUT2D eigenvalue weighted by Gasteiger charge is -2.00. The van der Waals surface area contributed by atoms with E-state index in [1.54, 1.807) is 7.11 Å². The molecular formula is C13H14N2O3. The highest BCUT2D eigenvalue weighted by Gasteiger charge is 2.11. The minimum atomic E-state index is -0.460. The first-order valence-corrected chi connectivity index (χ1v) is 5.49. The van der Waals surface area contributed by atoms with Crippen molar-refractivity contribution in [1.29, 1.82) is 0 Å². The van der Waals surface area contributed by atoms with Gasteiger partial charge in [-0.1, -0.05) is 0 Å². The zero-order valence-corrected chi connectivity index (χ0v) is 10.5. The average Bonchev–Trinajstić information content (AvgIpc) is 2.59. The maximum atomic E-state index is 10.4. The van der Waals surface area contributed by atoms with Gasteiger partial charge in [-0.3, -0.25) is 10.1 Å². The van der Waals surface area contributed by atoms with E-state index in [-0.39, 0.29) is 0 Å². The van der Waals surface area contributed by atoms with Crippen LogP contribution in [0.3, 0.4) is 0 Å². The van der Waals surface area contributed by atoms with Crippen LogP contribution in [-0.2, 0) is 7.05 Å². The minimum absolute atomic E-state index is 0.460. The fourth-order valence-electron chi connectivity index (χ4n) is 2.05. The van der Waals surface area contributed by atoms with E-state index in [9.17, 15) is 10.1 Å². The van der Waals surface area contributed by atoms with Crippen molar-refractivity contribution in [3.05, 3.63) is 45.8 Å². The van der Waals surface area contributed by atoms with Crippen LogP contribution in [0.25, 0.3) is 17.0 Å². The summed E-state index contributed by atoms with van der Waals surface area (Å²) in [5, 5.41) is 11.4. The van der Waals surface area contributed by atoms with Gasteiger partial charge in [0.2, 0.25) is 6.20 Å². The summed E-state index contributed by atoms with van der Waals surface area (Å²) in [5.41, 5.74) is 2.86. The normalized spacial score (nSPS) is 11.3. The van der Waals surface area contributed by atoms with Crippen LogP contribution >= 0.6 is 0 Å². The molecule has 0 radical (unpaired) electrons. The monoisotopic (exact) mass is 246 g/mol. The maximum absolute atomic E-state index is 10.4. The molecule has 5 heteroatoms. The van der Waals surface area contributed by atoms with Gasteiger partial charge in [-0.15, -0.1) is 0 Å². The Morgan fingerprint density at radius 1 is 1.44 bits per heavy atom. The largest absolute Gasteiger partial charge is 0.497 e. The third-order valence-electron chi connectivity index (χ3n) is 3.11. The molecule has 0 spiro atoms. The highest BCUT2D eigenvalue weighted by atomic mass is 16.6. The Morgan fingerprint density at radius 2 is 2.17 bits per heavy atom. The van der Waals surface area contributed by atoms with E-state index >= 15 is 0 Å². The van der Waals surface area contributed by atoms with Gasteiger partial charge in [0.1, 0.15) is 5.75 Å². The van der Waals surface area contributed by atoms with Crippen LogP contribution in [0, 0.1) is 17.0 Å². The number of hydrogen-bond acceptors (Lipinski definition) is 3. The smallest absolute Gasteiger partial charge is 0.235 e. The molecule has 0 fully saturated rings. The molecule has 0 saturated heterocycles. The predicted molar refractivity (Wildman–Crippen MR) is 70.2 cm³/mol. The van der Waals surface area contributed by atoms with E-state index in [1.807, 2.05) is 36.7 Å². The SMILES string of the molecule is COc1ccc2c(c1)c(/C=C/[N+](=O)[O-])c(C)n2C. The molecule has 2 aromatic rings. The van der Waals surface area contributed by atoms with Gasteiger partial charge in [0.05, 0.1) is 12.0 Å². The molecule has 0 atom stereocenters. The molecule has 5 nitrogen and oxygen atoms in total. The van der Waals surface area contributed by atoms with Gasteiger partial charge in [0.25, 0.3) is 0 Å². The molecule has 0 unspecified atom stereocenters. The van der Waals surface area contributed by atoms with Crippen LogP contribution in [0.1, 0.15) is 11.3 Å². The number of methoxy groups -OCH3 is 1. The number of nitro groups is 1. The van der Waals surface area contributed by atoms with Crippen molar-refractivity contribution in [3.63, 3.8) is 0 Å². The van der Waals surface area contributed by atoms with E-state index in [2.05, 4.69) is 0 Å². The Morgan fingerprint density at radius 3 is 2.78 bits per heavy atom. The molecule has 0 N–H and O–H groups in total. The number of aryl methyl sites for hydroxylation is 1. The summed E-state index contributed by atoms with van der Waals surface area (Å²) in [7, 11) is 3.54. The second-order valence-electron chi connectivity index (χ2n) is 4.04. The summed E-state index contributed by atoms with van der Waals surface area (Å²) in [5.74, 6) is 0.740. The minimum Gasteiger partial charge on any atom is -0.497 e. The number of hydrogen-bond donors (Lipinski definition) is 0. The van der Waals surface area contributed by atoms with Crippen LogP contribution in [0.2, 0.25) is 0 Å². The van der Waals surface area contributed by atoms with Crippen molar-refractivity contribution >= 4 is 17.0 Å². The molecule has 2 rings (SSSR count). The van der Waals surface area contributed by atoms with Gasteiger partial charge < -0.3 is 9.30 Å². The summed E-state index contributed by atoms with van der Waals surface area (Å²) in [6.07, 6.45) is 2.48. The molecule has 1 aromatic carbocycles. The lowest BCUT2D eigenvalue weighted by atomic mass is 10.1. The Bertz CT molecular complexity index is 641. The van der Waals surface area contributed by atoms with Crippen LogP contribution in [-0.4, -0.2) is 16.6 Å². The number of fused-ring (bicyclic) bond motifs is 1. The Hall–Kier alpha value is -2.30. The second-order valence-corrected chi connectivity index (χ2v) is 4.04. The molecule has 94 valence electrons. The third kappa shape index (κ3) is 1.95. The number of rotatable bonds is 3. The van der Waals surface area contributed by atoms with Gasteiger partial charge >= 0.3 is 0 Å². The quantitative estimate of drug-likeness (QED) is 0.618. The summed E-state index contributed by atoms with van der Waals surface area (Å²) in [6.45, 7) is 1.94. The van der Waals surface area contributed by atoms with E-state index in [4.69, 9.17) is 4.74 Å². The number of nitrogens with zero attached hydrogens (tertiary/aromatic N) is 2. The predicted octanol–water partition coefficient (Wildman–Crippen LogP) is 2.74. The van der Waals surface area contributed by atoms with E-state index < -0.39 is 4.92 Å². The van der Waals surface area contributed by atoms with Crippen molar-refractivity contribution in [1.82, 2.24) is 4.57 Å². The highest BCUT2D eigenvalue weighted by molar-refractivity contribution is 5.92. The van der Waals surface area contributed by atoms with Crippen LogP contribution in [0.5, 0.6) is 5.75 Å². The standard InChI is InChI=1S/C13H14N2O3/c1-9-11(6-7-15(16)17)12-8-10(18-3)4-5-13(12)14(9)2/h4-8H,1-3H3/b7-6+. The molecule has 0 aliphatic heterocycles. The molecule has 0 aliphatic rings. The lowest BCUT2D eigenvalue weighted by molar-refractivity contribution is -0.400. The Labute approximate surface area is 104 Å². The zero-order valence-electron chi connectivity index (χ0n) is 10.5. The van der Waals surface area contributed by atoms with Gasteiger partial charge in [-0.2, -0.15) is 0 Å². The van der Waals surface area contributed by atoms with E-state index in [0.717, 1.165) is 34.1 Å². The van der Waals surface area contributed by atoms with E-state index in [0.29, 0.717) is 0 Å². The topological polar surface area (TPSA) is 57.3 Å². The van der Waals surface area contributed by atoms with E-state index in [1.165, 1.54) is 6.08 Å². The first kappa shape index (κ1) is 12.2. The fraction of sp³-hybridized carbons (Fsp3) is 0.231. The van der Waals surface area contributed by atoms with Crippen molar-refractivity contribution < 1.29 is 9.66 Å². The molecule has 0 bridgehead atoms. The molecule has 0 aliphatic carbocycles. The summed E-state index contributed by atoms with van der Waals surface area (Å²) in [4.78, 5) is 9.98. The van der Waals surface area contributed by atoms with Gasteiger partial charge in [0.15, 0.2) is 0 Å². The van der Waals surface area contributed by atoms with Gasteiger partial charge in [-0.25, -0.2) is 0 Å². The first-order valence-electron chi connectivity index (χ1n) is 5.49. The fourth-order valence-corrected chi connectivity index (χ4v) is 2.05. The average molecular weight is 246 g/mol. The first-order chi connectivity index (χ1) is 8.54. The Kier molecular flexibility index (Phi) is 3.06. The molecule has 1 aromatic heterocycles. The van der Waals surface area contributed by atoms with Crippen LogP contribution < -0.4 is 4.74 Å². The van der Waals surface area contributed by atoms with Crippen molar-refractivity contribution in [3.8, 4) is 5.75 Å². The van der Waals surface area contributed by atoms with Gasteiger partial charge in [-0.05, 0) is 25.1 Å². The summed E-state index contributed by atoms with van der Waals surface area (Å²) in [6, 6.07) is 5.72. The number of benzene rings is 1. The summed E-state index contributed by atoms with van der Waals surface area (Å²) < 4.78 is 7.19. The lowest BCUT2D eigenvalue weighted by Crippen LogP contribution is -1.90. The molecular weight excluding hydrogens is 232 g/mol. The zero-order chi connectivity index (χ0) is 13.3. The molecule has 18 heavy (non-hydrogen) atoms. The molecule has 1 heterocycles. The number of aromatic nitrogens is 1. The maximum Gasteiger partial charge on any atom is 0.235 e. The van der Waals surface area contributed by atoms with Crippen molar-refractivity contribution in [2.75, 3.05) is 7.11 Å². The third-order valence-corrected chi connectivity index (χ3v) is 3.11. The van der Waals surface area contributed by atoms with Crippen LogP contribution in [0.4, 0.5) is 0 Å². The van der Waals surface area contributed by atoms with Crippen molar-refractivity contribution in [2.24, 2.45) is 7.05 Å². The molecule has 0 amide bonds. The summed E-state index contributed by atoms with van der Waals surface area (Å²) >= 11 is 0. The number of ether oxygens (including phenoxy) is 1. The Balaban J connectivity index is 2.70. The second kappa shape index (κ2) is 4.52. The highest BCUT2D eigenvalue weighted by Crippen LogP contribution is 2.29. The van der Waals surface area contributed by atoms with Crippen LogP contribution in [0.15, 0.2) is 24.4 Å². The van der Waals surface area contributed by atoms with Crippen molar-refractivity contribution in [2.45, 2.75) is 6.92 Å².